The van der Waals surface area contributed by atoms with Crippen LogP contribution < -0.4 is 0 Å². The Kier molecular flexibility index (Phi) is 5.69. The van der Waals surface area contributed by atoms with E-state index in [4.69, 9.17) is 0 Å². The predicted octanol–water partition coefficient (Wildman–Crippen LogP) is 3.91. The first kappa shape index (κ1) is 22.2. The number of nitrogens with zero attached hydrogens (tertiary/aromatic N) is 2. The maximum atomic E-state index is 12.9. The van der Waals surface area contributed by atoms with Gasteiger partial charge in [0, 0.05) is 25.6 Å². The fraction of sp³-hybridized carbons (Fsp3) is 0.520. The number of carboxylic acid groups (broad SMARTS) is 1. The number of Topliss-reactive ketones (excluding diaryl/α,β-unsaturated/α-hetero) is 1. The molecule has 2 aliphatic carbocycles. The summed E-state index contributed by atoms with van der Waals surface area (Å²) >= 11 is 0. The van der Waals surface area contributed by atoms with E-state index < -0.39 is 23.5 Å². The zero-order chi connectivity index (χ0) is 23.2. The highest BCUT2D eigenvalue weighted by atomic mass is 16.4. The number of likely N-dealkylation sites (N-methyl/N-ethyl adjacent to an activating group) is 1. The third kappa shape index (κ3) is 3.74. The molecule has 0 aromatic heterocycles. The lowest BCUT2D eigenvalue weighted by Gasteiger charge is -2.22. The number of aliphatic carboxylic acids is 1. The Bertz CT molecular complexity index is 1040. The molecule has 0 unspecified atom stereocenters. The van der Waals surface area contributed by atoms with Crippen molar-refractivity contribution in [2.24, 2.45) is 5.92 Å². The number of carbonyl (C=O) groups excluding carboxylic acids is 3. The third-order valence-electron chi connectivity index (χ3n) is 7.35. The van der Waals surface area contributed by atoms with Gasteiger partial charge in [0.2, 0.25) is 0 Å². The van der Waals surface area contributed by atoms with Crippen LogP contribution in [0.2, 0.25) is 0 Å². The number of urea groups is 1. The highest BCUT2D eigenvalue weighted by Gasteiger charge is 2.49. The average Bonchev–Trinajstić information content (AvgIpc) is 3.20. The molecule has 0 bridgehead atoms. The van der Waals surface area contributed by atoms with Gasteiger partial charge < -0.3 is 10.0 Å². The Morgan fingerprint density at radius 3 is 2.53 bits per heavy atom. The summed E-state index contributed by atoms with van der Waals surface area (Å²) in [5.41, 5.74) is 4.89. The minimum atomic E-state index is -1.09. The maximum absolute atomic E-state index is 12.9. The SMILES string of the molecule is CN1C(=O)N(CC[C@H](CC(=O)c2ccc3c(c2)CC2=C3CCCC2)C(=O)O)C(=O)C1(C)C. The Morgan fingerprint density at radius 2 is 1.88 bits per heavy atom. The van der Waals surface area contributed by atoms with Gasteiger partial charge in [-0.2, -0.15) is 0 Å². The Balaban J connectivity index is 1.42. The van der Waals surface area contributed by atoms with Gasteiger partial charge in [0.05, 0.1) is 5.92 Å². The molecule has 1 N–H and O–H groups in total. The van der Waals surface area contributed by atoms with E-state index in [1.54, 1.807) is 27.0 Å². The van der Waals surface area contributed by atoms with E-state index in [-0.39, 0.29) is 31.1 Å². The van der Waals surface area contributed by atoms with Crippen molar-refractivity contribution in [3.05, 3.63) is 40.5 Å². The molecule has 1 aromatic rings. The molecule has 32 heavy (non-hydrogen) atoms. The number of hydrogen-bond donors (Lipinski definition) is 1. The first-order chi connectivity index (χ1) is 15.1. The molecule has 0 saturated carbocycles. The second-order valence-corrected chi connectivity index (χ2v) is 9.65. The molecule has 7 nitrogen and oxygen atoms in total. The van der Waals surface area contributed by atoms with Crippen LogP contribution in [0.3, 0.4) is 0 Å². The molecule has 7 heteroatoms. The third-order valence-corrected chi connectivity index (χ3v) is 7.35. The monoisotopic (exact) mass is 438 g/mol. The number of carbonyl (C=O) groups is 4. The van der Waals surface area contributed by atoms with Crippen LogP contribution in [-0.4, -0.2) is 57.7 Å². The second kappa shape index (κ2) is 8.19. The number of imide groups is 1. The van der Waals surface area contributed by atoms with Crippen LogP contribution in [0.15, 0.2) is 23.8 Å². The summed E-state index contributed by atoms with van der Waals surface area (Å²) < 4.78 is 0. The van der Waals surface area contributed by atoms with Crippen molar-refractivity contribution in [2.75, 3.05) is 13.6 Å². The van der Waals surface area contributed by atoms with Gasteiger partial charge in [-0.3, -0.25) is 19.3 Å². The maximum Gasteiger partial charge on any atom is 0.327 e. The number of allylic oxidation sites excluding steroid dienone is 2. The lowest BCUT2D eigenvalue weighted by atomic mass is 9.91. The molecule has 170 valence electrons. The van der Waals surface area contributed by atoms with Crippen molar-refractivity contribution >= 4 is 29.3 Å². The van der Waals surface area contributed by atoms with Crippen molar-refractivity contribution in [2.45, 2.75) is 64.3 Å². The summed E-state index contributed by atoms with van der Waals surface area (Å²) in [7, 11) is 1.55. The van der Waals surface area contributed by atoms with Crippen LogP contribution in [0.1, 0.15) is 73.9 Å². The fourth-order valence-electron chi connectivity index (χ4n) is 5.04. The average molecular weight is 439 g/mol. The number of carboxylic acids is 1. The van der Waals surface area contributed by atoms with E-state index in [2.05, 4.69) is 0 Å². The quantitative estimate of drug-likeness (QED) is 0.514. The van der Waals surface area contributed by atoms with Crippen LogP contribution in [0.25, 0.3) is 5.57 Å². The van der Waals surface area contributed by atoms with Crippen molar-refractivity contribution in [3.8, 4) is 0 Å². The van der Waals surface area contributed by atoms with Crippen LogP contribution in [0.5, 0.6) is 0 Å². The lowest BCUT2D eigenvalue weighted by molar-refractivity contribution is -0.142. The number of amides is 3. The molecule has 4 rings (SSSR count). The molecule has 1 saturated heterocycles. The Labute approximate surface area is 188 Å². The molecule has 1 heterocycles. The standard InChI is InChI=1S/C25H30N2O5/c1-25(2)23(31)27(24(32)26(25)3)11-10-17(22(29)30)14-21(28)16-8-9-20-18(13-16)12-15-6-4-5-7-19(15)20/h8-9,13,17H,4-7,10-12,14H2,1-3H3,(H,29,30)/t17-/m1/s1. The number of benzene rings is 1. The molecule has 1 fully saturated rings. The van der Waals surface area contributed by atoms with Crippen LogP contribution >= 0.6 is 0 Å². The normalized spacial score (nSPS) is 20.5. The number of hydrogen-bond acceptors (Lipinski definition) is 4. The number of fused-ring (bicyclic) bond motifs is 2. The summed E-state index contributed by atoms with van der Waals surface area (Å²) in [6, 6.07) is 5.28. The molecular weight excluding hydrogens is 408 g/mol. The summed E-state index contributed by atoms with van der Waals surface area (Å²) in [4.78, 5) is 52.1. The van der Waals surface area contributed by atoms with Gasteiger partial charge in [-0.15, -0.1) is 0 Å². The predicted molar refractivity (Wildman–Crippen MR) is 119 cm³/mol. The van der Waals surface area contributed by atoms with Gasteiger partial charge in [-0.05, 0) is 75.1 Å². The highest BCUT2D eigenvalue weighted by molar-refractivity contribution is 6.06. The van der Waals surface area contributed by atoms with E-state index in [1.165, 1.54) is 34.5 Å². The zero-order valence-electron chi connectivity index (χ0n) is 18.9. The van der Waals surface area contributed by atoms with Crippen molar-refractivity contribution in [3.63, 3.8) is 0 Å². The van der Waals surface area contributed by atoms with E-state index >= 15 is 0 Å². The van der Waals surface area contributed by atoms with Crippen molar-refractivity contribution < 1.29 is 24.3 Å². The van der Waals surface area contributed by atoms with Crippen LogP contribution in [0.4, 0.5) is 4.79 Å². The largest absolute Gasteiger partial charge is 0.481 e. The topological polar surface area (TPSA) is 95.0 Å². The van der Waals surface area contributed by atoms with Gasteiger partial charge in [0.1, 0.15) is 5.54 Å². The summed E-state index contributed by atoms with van der Waals surface area (Å²) in [6.45, 7) is 3.30. The van der Waals surface area contributed by atoms with E-state index in [0.29, 0.717) is 5.56 Å². The molecular formula is C25H30N2O5. The highest BCUT2D eigenvalue weighted by Crippen LogP contribution is 2.41. The van der Waals surface area contributed by atoms with Crippen LogP contribution in [0, 0.1) is 5.92 Å². The molecule has 1 atom stereocenters. The minimum absolute atomic E-state index is 0.0174. The zero-order valence-corrected chi connectivity index (χ0v) is 18.9. The summed E-state index contributed by atoms with van der Waals surface area (Å²) in [5, 5.41) is 9.67. The van der Waals surface area contributed by atoms with Gasteiger partial charge >= 0.3 is 12.0 Å². The smallest absolute Gasteiger partial charge is 0.327 e. The fourth-order valence-corrected chi connectivity index (χ4v) is 5.04. The number of ketones is 1. The van der Waals surface area contributed by atoms with E-state index in [0.717, 1.165) is 29.7 Å². The first-order valence-electron chi connectivity index (χ1n) is 11.3. The second-order valence-electron chi connectivity index (χ2n) is 9.65. The van der Waals surface area contributed by atoms with Gasteiger partial charge in [0.15, 0.2) is 5.78 Å². The van der Waals surface area contributed by atoms with Gasteiger partial charge in [-0.25, -0.2) is 4.79 Å². The molecule has 1 aliphatic heterocycles. The molecule has 3 amide bonds. The lowest BCUT2D eigenvalue weighted by Crippen LogP contribution is -2.41. The molecule has 1 aromatic carbocycles. The summed E-state index contributed by atoms with van der Waals surface area (Å²) in [6.07, 6.45) is 5.41. The van der Waals surface area contributed by atoms with Crippen molar-refractivity contribution in [1.29, 1.82) is 0 Å². The first-order valence-corrected chi connectivity index (χ1v) is 11.3. The van der Waals surface area contributed by atoms with Crippen molar-refractivity contribution in [1.82, 2.24) is 9.80 Å². The number of rotatable bonds is 7. The Hall–Kier alpha value is -2.96. The van der Waals surface area contributed by atoms with E-state index in [1.807, 2.05) is 12.1 Å². The van der Waals surface area contributed by atoms with Gasteiger partial charge in [0.25, 0.3) is 5.91 Å². The Morgan fingerprint density at radius 1 is 1.16 bits per heavy atom. The minimum Gasteiger partial charge on any atom is -0.481 e. The van der Waals surface area contributed by atoms with Crippen LogP contribution in [-0.2, 0) is 16.0 Å². The van der Waals surface area contributed by atoms with E-state index in [9.17, 15) is 24.3 Å². The molecule has 0 radical (unpaired) electrons. The summed E-state index contributed by atoms with van der Waals surface area (Å²) in [5.74, 6) is -2.63. The van der Waals surface area contributed by atoms with Gasteiger partial charge in [-0.1, -0.05) is 17.7 Å². The molecule has 0 spiro atoms. The molecule has 3 aliphatic rings.